The third kappa shape index (κ3) is 5.56. The molecule has 0 amide bonds. The van der Waals surface area contributed by atoms with Crippen LogP contribution in [0.15, 0.2) is 54.6 Å². The van der Waals surface area contributed by atoms with Gasteiger partial charge in [0.15, 0.2) is 5.11 Å². The van der Waals surface area contributed by atoms with Gasteiger partial charge in [-0.05, 0) is 54.7 Å². The van der Waals surface area contributed by atoms with E-state index in [1.807, 2.05) is 6.07 Å². The third-order valence-electron chi connectivity index (χ3n) is 3.39. The molecule has 0 radical (unpaired) electrons. The van der Waals surface area contributed by atoms with Gasteiger partial charge in [-0.2, -0.15) is 0 Å². The van der Waals surface area contributed by atoms with Crippen molar-refractivity contribution in [3.05, 3.63) is 65.7 Å². The van der Waals surface area contributed by atoms with Gasteiger partial charge in [0.05, 0.1) is 0 Å². The van der Waals surface area contributed by atoms with Crippen molar-refractivity contribution in [1.82, 2.24) is 5.32 Å². The standard InChI is InChI=1S/C18H22N2S/c1-2-15-10-12-17(13-11-15)20-18(21)19-14-6-9-16-7-4-3-5-8-16/h3-5,7-8,10-13H,2,6,9,14H2,1H3,(H2,19,20,21). The van der Waals surface area contributed by atoms with Gasteiger partial charge in [-0.25, -0.2) is 0 Å². The van der Waals surface area contributed by atoms with Crippen LogP contribution >= 0.6 is 12.2 Å². The fourth-order valence-electron chi connectivity index (χ4n) is 2.14. The molecular formula is C18H22N2S. The van der Waals surface area contributed by atoms with E-state index in [0.717, 1.165) is 31.5 Å². The first-order valence-electron chi connectivity index (χ1n) is 7.45. The Morgan fingerprint density at radius 3 is 2.33 bits per heavy atom. The highest BCUT2D eigenvalue weighted by Gasteiger charge is 1.98. The topological polar surface area (TPSA) is 24.1 Å². The number of aryl methyl sites for hydroxylation is 2. The van der Waals surface area contributed by atoms with Gasteiger partial charge in [-0.3, -0.25) is 0 Å². The van der Waals surface area contributed by atoms with E-state index in [4.69, 9.17) is 12.2 Å². The van der Waals surface area contributed by atoms with Crippen molar-refractivity contribution in [2.75, 3.05) is 11.9 Å². The van der Waals surface area contributed by atoms with Crippen LogP contribution in [0.2, 0.25) is 0 Å². The predicted molar refractivity (Wildman–Crippen MR) is 94.8 cm³/mol. The lowest BCUT2D eigenvalue weighted by molar-refractivity contribution is 0.777. The second-order valence-electron chi connectivity index (χ2n) is 5.02. The first-order valence-corrected chi connectivity index (χ1v) is 7.86. The van der Waals surface area contributed by atoms with E-state index in [2.05, 4.69) is 66.1 Å². The van der Waals surface area contributed by atoms with E-state index in [1.165, 1.54) is 11.1 Å². The minimum Gasteiger partial charge on any atom is -0.362 e. The zero-order valence-electron chi connectivity index (χ0n) is 12.4. The Kier molecular flexibility index (Phi) is 6.22. The summed E-state index contributed by atoms with van der Waals surface area (Å²) in [5.74, 6) is 0. The summed E-state index contributed by atoms with van der Waals surface area (Å²) < 4.78 is 0. The molecule has 0 heterocycles. The van der Waals surface area contributed by atoms with Gasteiger partial charge in [0, 0.05) is 12.2 Å². The molecule has 0 aliphatic carbocycles. The second-order valence-corrected chi connectivity index (χ2v) is 5.43. The molecule has 0 aliphatic heterocycles. The SMILES string of the molecule is CCc1ccc(NC(=S)NCCCc2ccccc2)cc1. The van der Waals surface area contributed by atoms with Gasteiger partial charge in [0.2, 0.25) is 0 Å². The molecule has 0 atom stereocenters. The average Bonchev–Trinajstić information content (AvgIpc) is 2.53. The van der Waals surface area contributed by atoms with Crippen molar-refractivity contribution in [2.45, 2.75) is 26.2 Å². The summed E-state index contributed by atoms with van der Waals surface area (Å²) in [4.78, 5) is 0. The molecule has 0 aliphatic rings. The van der Waals surface area contributed by atoms with Crippen LogP contribution in [0.5, 0.6) is 0 Å². The van der Waals surface area contributed by atoms with E-state index in [0.29, 0.717) is 5.11 Å². The number of hydrogen-bond acceptors (Lipinski definition) is 1. The van der Waals surface area contributed by atoms with E-state index >= 15 is 0 Å². The molecule has 2 nitrogen and oxygen atoms in total. The van der Waals surface area contributed by atoms with Crippen molar-refractivity contribution in [1.29, 1.82) is 0 Å². The summed E-state index contributed by atoms with van der Waals surface area (Å²) in [6.45, 7) is 3.04. The molecule has 0 saturated carbocycles. The van der Waals surface area contributed by atoms with Crippen LogP contribution in [0.4, 0.5) is 5.69 Å². The molecule has 0 spiro atoms. The number of anilines is 1. The number of thiocarbonyl (C=S) groups is 1. The smallest absolute Gasteiger partial charge is 0.170 e. The fraction of sp³-hybridized carbons (Fsp3) is 0.278. The summed E-state index contributed by atoms with van der Waals surface area (Å²) >= 11 is 5.31. The van der Waals surface area contributed by atoms with Crippen LogP contribution in [-0.2, 0) is 12.8 Å². The highest BCUT2D eigenvalue weighted by atomic mass is 32.1. The van der Waals surface area contributed by atoms with E-state index < -0.39 is 0 Å². The van der Waals surface area contributed by atoms with Crippen LogP contribution in [0.25, 0.3) is 0 Å². The summed E-state index contributed by atoms with van der Waals surface area (Å²) in [6.07, 6.45) is 3.20. The molecule has 0 aromatic heterocycles. The van der Waals surface area contributed by atoms with Crippen molar-refractivity contribution >= 4 is 23.0 Å². The Labute approximate surface area is 132 Å². The molecule has 0 unspecified atom stereocenters. The van der Waals surface area contributed by atoms with Gasteiger partial charge in [0.1, 0.15) is 0 Å². The Hall–Kier alpha value is -1.87. The Morgan fingerprint density at radius 2 is 1.67 bits per heavy atom. The zero-order chi connectivity index (χ0) is 14.9. The molecule has 2 N–H and O–H groups in total. The molecule has 3 heteroatoms. The lowest BCUT2D eigenvalue weighted by atomic mass is 10.1. The highest BCUT2D eigenvalue weighted by molar-refractivity contribution is 7.80. The van der Waals surface area contributed by atoms with Crippen molar-refractivity contribution in [2.24, 2.45) is 0 Å². The summed E-state index contributed by atoms with van der Waals surface area (Å²) in [5, 5.41) is 7.15. The van der Waals surface area contributed by atoms with Crippen LogP contribution in [-0.4, -0.2) is 11.7 Å². The number of rotatable bonds is 6. The molecule has 0 bridgehead atoms. The number of nitrogens with one attached hydrogen (secondary N) is 2. The summed E-state index contributed by atoms with van der Waals surface area (Å²) in [6, 6.07) is 18.9. The molecule has 0 fully saturated rings. The van der Waals surface area contributed by atoms with Gasteiger partial charge in [-0.1, -0.05) is 49.4 Å². The van der Waals surface area contributed by atoms with Crippen molar-refractivity contribution in [3.8, 4) is 0 Å². The van der Waals surface area contributed by atoms with Crippen molar-refractivity contribution < 1.29 is 0 Å². The lowest BCUT2D eigenvalue weighted by Gasteiger charge is -2.11. The Balaban J connectivity index is 1.67. The lowest BCUT2D eigenvalue weighted by Crippen LogP contribution is -2.29. The van der Waals surface area contributed by atoms with Crippen LogP contribution in [0.3, 0.4) is 0 Å². The molecule has 0 saturated heterocycles. The van der Waals surface area contributed by atoms with Crippen molar-refractivity contribution in [3.63, 3.8) is 0 Å². The third-order valence-corrected chi connectivity index (χ3v) is 3.64. The predicted octanol–water partition coefficient (Wildman–Crippen LogP) is 4.17. The van der Waals surface area contributed by atoms with Crippen LogP contribution < -0.4 is 10.6 Å². The van der Waals surface area contributed by atoms with Gasteiger partial charge in [-0.15, -0.1) is 0 Å². The molecule has 110 valence electrons. The monoisotopic (exact) mass is 298 g/mol. The molecule has 21 heavy (non-hydrogen) atoms. The molecular weight excluding hydrogens is 276 g/mol. The number of hydrogen-bond donors (Lipinski definition) is 2. The van der Waals surface area contributed by atoms with Gasteiger partial charge in [0.25, 0.3) is 0 Å². The maximum atomic E-state index is 5.31. The quantitative estimate of drug-likeness (QED) is 0.618. The average molecular weight is 298 g/mol. The highest BCUT2D eigenvalue weighted by Crippen LogP contribution is 2.09. The minimum absolute atomic E-state index is 0.687. The summed E-state index contributed by atoms with van der Waals surface area (Å²) in [7, 11) is 0. The van der Waals surface area contributed by atoms with E-state index in [1.54, 1.807) is 0 Å². The maximum absolute atomic E-state index is 5.31. The first kappa shape index (κ1) is 15.5. The maximum Gasteiger partial charge on any atom is 0.170 e. The first-order chi connectivity index (χ1) is 10.3. The van der Waals surface area contributed by atoms with E-state index in [9.17, 15) is 0 Å². The zero-order valence-corrected chi connectivity index (χ0v) is 13.2. The normalized spacial score (nSPS) is 10.1. The van der Waals surface area contributed by atoms with Gasteiger partial charge < -0.3 is 10.6 Å². The second kappa shape index (κ2) is 8.42. The largest absolute Gasteiger partial charge is 0.362 e. The molecule has 2 aromatic rings. The number of benzene rings is 2. The van der Waals surface area contributed by atoms with Crippen LogP contribution in [0.1, 0.15) is 24.5 Å². The molecule has 2 aromatic carbocycles. The van der Waals surface area contributed by atoms with Gasteiger partial charge >= 0.3 is 0 Å². The Morgan fingerprint density at radius 1 is 0.952 bits per heavy atom. The fourth-order valence-corrected chi connectivity index (χ4v) is 2.36. The minimum atomic E-state index is 0.687. The van der Waals surface area contributed by atoms with E-state index in [-0.39, 0.29) is 0 Å². The Bertz CT molecular complexity index is 549. The molecule has 2 rings (SSSR count). The van der Waals surface area contributed by atoms with Crippen LogP contribution in [0, 0.1) is 0 Å². The summed E-state index contributed by atoms with van der Waals surface area (Å²) in [5.41, 5.74) is 3.74.